The summed E-state index contributed by atoms with van der Waals surface area (Å²) in [5, 5.41) is 3.98. The van der Waals surface area contributed by atoms with Crippen molar-refractivity contribution in [1.82, 2.24) is 4.99 Å². The number of fused-ring (bicyclic) bond motifs is 1. The normalized spacial score (nSPS) is 11.4. The first-order chi connectivity index (χ1) is 8.84. The zero-order chi connectivity index (χ0) is 12.4. The molecular weight excluding hydrogens is 262 g/mol. The number of benzene rings is 2. The van der Waals surface area contributed by atoms with Gasteiger partial charge in [0.2, 0.25) is 0 Å². The van der Waals surface area contributed by atoms with Crippen LogP contribution in [0.5, 0.6) is 0 Å². The molecule has 0 N–H and O–H groups in total. The maximum atomic E-state index is 6.09. The van der Waals surface area contributed by atoms with Crippen LogP contribution in [0.4, 0.5) is 5.69 Å². The van der Waals surface area contributed by atoms with Gasteiger partial charge in [0.1, 0.15) is 0 Å². The molecule has 0 unspecified atom stereocenters. The first kappa shape index (κ1) is 11.5. The third-order valence-electron chi connectivity index (χ3n) is 2.71. The van der Waals surface area contributed by atoms with Gasteiger partial charge >= 0.3 is 0 Å². The van der Waals surface area contributed by atoms with Crippen LogP contribution < -0.4 is 4.99 Å². The van der Waals surface area contributed by atoms with Crippen LogP contribution in [-0.2, 0) is 0 Å². The maximum Gasteiger partial charge on any atom is 0.295 e. The summed E-state index contributed by atoms with van der Waals surface area (Å²) >= 11 is 7.80. The van der Waals surface area contributed by atoms with Crippen LogP contribution in [-0.4, -0.2) is 6.21 Å². The SMILES string of the molecule is Clc1ccccc1C=[N+]c1csc2ccccc12. The van der Waals surface area contributed by atoms with Crippen LogP contribution >= 0.6 is 22.9 Å². The van der Waals surface area contributed by atoms with Crippen LogP contribution in [0.1, 0.15) is 5.56 Å². The molecule has 18 heavy (non-hydrogen) atoms. The molecule has 0 aliphatic carbocycles. The summed E-state index contributed by atoms with van der Waals surface area (Å²) in [4.78, 5) is 4.53. The third-order valence-corrected chi connectivity index (χ3v) is 4.00. The first-order valence-electron chi connectivity index (χ1n) is 5.59. The predicted octanol–water partition coefficient (Wildman–Crippen LogP) is 4.64. The second-order valence-electron chi connectivity index (χ2n) is 3.90. The van der Waals surface area contributed by atoms with E-state index in [9.17, 15) is 0 Å². The maximum absolute atomic E-state index is 6.09. The molecule has 0 fully saturated rings. The van der Waals surface area contributed by atoms with Crippen molar-refractivity contribution in [2.24, 2.45) is 0 Å². The third kappa shape index (κ3) is 2.17. The molecule has 0 atom stereocenters. The van der Waals surface area contributed by atoms with Gasteiger partial charge < -0.3 is 0 Å². The van der Waals surface area contributed by atoms with Crippen LogP contribution in [0.2, 0.25) is 5.02 Å². The van der Waals surface area contributed by atoms with Crippen molar-refractivity contribution in [3.05, 3.63) is 64.5 Å². The Hall–Kier alpha value is -1.64. The van der Waals surface area contributed by atoms with E-state index in [2.05, 4.69) is 22.5 Å². The molecule has 1 aromatic heterocycles. The van der Waals surface area contributed by atoms with Gasteiger partial charge in [0.25, 0.3) is 11.9 Å². The van der Waals surface area contributed by atoms with Gasteiger partial charge in [-0.25, -0.2) is 0 Å². The summed E-state index contributed by atoms with van der Waals surface area (Å²) in [6.07, 6.45) is 1.82. The summed E-state index contributed by atoms with van der Waals surface area (Å²) in [7, 11) is 0. The minimum absolute atomic E-state index is 0.723. The van der Waals surface area contributed by atoms with E-state index >= 15 is 0 Å². The Balaban J connectivity index is 2.00. The van der Waals surface area contributed by atoms with Gasteiger partial charge in [-0.15, -0.1) is 11.3 Å². The Kier molecular flexibility index (Phi) is 3.13. The summed E-state index contributed by atoms with van der Waals surface area (Å²) in [5.41, 5.74) is 1.94. The van der Waals surface area contributed by atoms with Crippen molar-refractivity contribution in [2.75, 3.05) is 0 Å². The van der Waals surface area contributed by atoms with E-state index in [1.54, 1.807) is 11.3 Å². The summed E-state index contributed by atoms with van der Waals surface area (Å²) in [6.45, 7) is 0. The van der Waals surface area contributed by atoms with Gasteiger partial charge in [0.15, 0.2) is 0 Å². The molecule has 3 rings (SSSR count). The fourth-order valence-electron chi connectivity index (χ4n) is 1.78. The van der Waals surface area contributed by atoms with E-state index in [1.807, 2.05) is 42.6 Å². The number of hydrogen-bond donors (Lipinski definition) is 0. The molecule has 0 saturated heterocycles. The molecule has 87 valence electrons. The molecule has 3 aromatic rings. The smallest absolute Gasteiger partial charge is 0.136 e. The molecule has 1 radical (unpaired) electrons. The molecular formula is C15H10ClNS+. The molecule has 1 heterocycles. The van der Waals surface area contributed by atoms with E-state index in [1.165, 1.54) is 10.1 Å². The Bertz CT molecular complexity index is 715. The van der Waals surface area contributed by atoms with Crippen molar-refractivity contribution in [1.29, 1.82) is 0 Å². The molecule has 0 bridgehead atoms. The van der Waals surface area contributed by atoms with Crippen molar-refractivity contribution in [3.63, 3.8) is 0 Å². The van der Waals surface area contributed by atoms with Gasteiger partial charge in [-0.2, -0.15) is 0 Å². The Morgan fingerprint density at radius 2 is 1.78 bits per heavy atom. The lowest BCUT2D eigenvalue weighted by atomic mass is 10.2. The zero-order valence-corrected chi connectivity index (χ0v) is 11.1. The number of hydrogen-bond acceptors (Lipinski definition) is 2. The lowest BCUT2D eigenvalue weighted by Gasteiger charge is -1.89. The second-order valence-corrected chi connectivity index (χ2v) is 5.22. The predicted molar refractivity (Wildman–Crippen MR) is 80.2 cm³/mol. The van der Waals surface area contributed by atoms with Crippen molar-refractivity contribution >= 4 is 44.9 Å². The number of thiophene rings is 1. The van der Waals surface area contributed by atoms with Gasteiger partial charge in [-0.05, 0) is 24.3 Å². The highest BCUT2D eigenvalue weighted by Gasteiger charge is 2.11. The monoisotopic (exact) mass is 271 g/mol. The zero-order valence-electron chi connectivity index (χ0n) is 9.51. The minimum atomic E-state index is 0.723. The standard InChI is InChI=1S/C15H10ClNS/c16-13-7-3-1-5-11(13)9-17-14-10-18-15-8-4-2-6-12(14)15/h1-10H/q+1. The number of nitrogens with zero attached hydrogens (tertiary/aromatic N) is 1. The molecule has 0 aliphatic heterocycles. The number of aliphatic imine (C=N–C) groups is 1. The topological polar surface area (TPSA) is 14.1 Å². The van der Waals surface area contributed by atoms with E-state index in [4.69, 9.17) is 11.6 Å². The van der Waals surface area contributed by atoms with Crippen molar-refractivity contribution in [3.8, 4) is 0 Å². The summed E-state index contributed by atoms with van der Waals surface area (Å²) in [6, 6.07) is 16.0. The molecule has 2 aromatic carbocycles. The molecule has 3 heteroatoms. The van der Waals surface area contributed by atoms with Crippen LogP contribution in [0, 0.1) is 0 Å². The highest BCUT2D eigenvalue weighted by atomic mass is 35.5. The fourth-order valence-corrected chi connectivity index (χ4v) is 2.85. The fraction of sp³-hybridized carbons (Fsp3) is 0. The van der Waals surface area contributed by atoms with Crippen LogP contribution in [0.25, 0.3) is 10.1 Å². The minimum Gasteiger partial charge on any atom is -0.136 e. The van der Waals surface area contributed by atoms with Gasteiger partial charge in [0.05, 0.1) is 26.3 Å². The Morgan fingerprint density at radius 1 is 1.00 bits per heavy atom. The van der Waals surface area contributed by atoms with E-state index in [-0.39, 0.29) is 0 Å². The average molecular weight is 272 g/mol. The van der Waals surface area contributed by atoms with E-state index in [0.29, 0.717) is 0 Å². The Morgan fingerprint density at radius 3 is 2.67 bits per heavy atom. The second kappa shape index (κ2) is 4.92. The van der Waals surface area contributed by atoms with Crippen LogP contribution in [0.15, 0.2) is 53.9 Å². The molecule has 0 amide bonds. The average Bonchev–Trinajstić information content (AvgIpc) is 2.81. The summed E-state index contributed by atoms with van der Waals surface area (Å²) < 4.78 is 1.25. The lowest BCUT2D eigenvalue weighted by Crippen LogP contribution is -1.88. The highest BCUT2D eigenvalue weighted by Crippen LogP contribution is 2.28. The van der Waals surface area contributed by atoms with E-state index in [0.717, 1.165) is 16.3 Å². The Labute approximate surface area is 114 Å². The van der Waals surface area contributed by atoms with Crippen LogP contribution in [0.3, 0.4) is 0 Å². The van der Waals surface area contributed by atoms with Crippen molar-refractivity contribution < 1.29 is 0 Å². The van der Waals surface area contributed by atoms with Gasteiger partial charge in [-0.1, -0.05) is 35.9 Å². The van der Waals surface area contributed by atoms with Gasteiger partial charge in [0, 0.05) is 4.70 Å². The quantitative estimate of drug-likeness (QED) is 0.603. The molecule has 0 aliphatic rings. The lowest BCUT2D eigenvalue weighted by molar-refractivity contribution is 1.44. The molecule has 1 nitrogen and oxygen atoms in total. The number of rotatable bonds is 2. The van der Waals surface area contributed by atoms with E-state index < -0.39 is 0 Å². The molecule has 0 spiro atoms. The first-order valence-corrected chi connectivity index (χ1v) is 6.85. The van der Waals surface area contributed by atoms with Gasteiger partial charge in [-0.3, -0.25) is 0 Å². The largest absolute Gasteiger partial charge is 0.295 e. The molecule has 0 saturated carbocycles. The summed E-state index contributed by atoms with van der Waals surface area (Å²) in [5.74, 6) is 0. The van der Waals surface area contributed by atoms with Crippen molar-refractivity contribution in [2.45, 2.75) is 0 Å². The number of halogens is 1. The highest BCUT2D eigenvalue weighted by molar-refractivity contribution is 7.17.